The van der Waals surface area contributed by atoms with Gasteiger partial charge in [0.25, 0.3) is 0 Å². The maximum atomic E-state index is 12.2. The highest BCUT2D eigenvalue weighted by molar-refractivity contribution is 6.39. The second kappa shape index (κ2) is 9.26. The van der Waals surface area contributed by atoms with E-state index in [9.17, 15) is 24.8 Å². The Morgan fingerprint density at radius 1 is 1.14 bits per heavy atom. The van der Waals surface area contributed by atoms with Gasteiger partial charge in [-0.05, 0) is 36.1 Å². The van der Waals surface area contributed by atoms with Gasteiger partial charge >= 0.3 is 17.5 Å². The second-order valence-corrected chi connectivity index (χ2v) is 5.82. The van der Waals surface area contributed by atoms with E-state index >= 15 is 0 Å². The van der Waals surface area contributed by atoms with E-state index in [0.717, 1.165) is 29.5 Å². The Hall–Kier alpha value is -3.75. The molecule has 2 rings (SSSR count). The third-order valence-electron chi connectivity index (χ3n) is 4.02. The predicted molar refractivity (Wildman–Crippen MR) is 104 cm³/mol. The fraction of sp³-hybridized carbons (Fsp3) is 0.211. The lowest BCUT2D eigenvalue weighted by Crippen LogP contribution is -2.33. The van der Waals surface area contributed by atoms with Crippen LogP contribution in [0.3, 0.4) is 0 Å². The molecule has 0 unspecified atom stereocenters. The van der Waals surface area contributed by atoms with E-state index in [1.165, 1.54) is 6.07 Å². The maximum absolute atomic E-state index is 12.2. The Balaban J connectivity index is 2.06. The van der Waals surface area contributed by atoms with Crippen LogP contribution in [-0.4, -0.2) is 28.1 Å². The monoisotopic (exact) mass is 384 g/mol. The molecule has 0 aliphatic carbocycles. The van der Waals surface area contributed by atoms with E-state index in [1.54, 1.807) is 0 Å². The zero-order valence-electron chi connectivity index (χ0n) is 15.4. The van der Waals surface area contributed by atoms with Crippen molar-refractivity contribution in [2.24, 2.45) is 5.10 Å². The number of aromatic hydroxyl groups is 1. The van der Waals surface area contributed by atoms with Crippen LogP contribution in [0.5, 0.6) is 5.75 Å². The molecule has 0 saturated heterocycles. The van der Waals surface area contributed by atoms with Gasteiger partial charge in [0.2, 0.25) is 0 Å². The molecule has 2 aromatic carbocycles. The third-order valence-corrected chi connectivity index (χ3v) is 4.02. The summed E-state index contributed by atoms with van der Waals surface area (Å²) in [5.41, 5.74) is 4.31. The number of hydrogen-bond donors (Lipinski definition) is 3. The Labute approximate surface area is 161 Å². The summed E-state index contributed by atoms with van der Waals surface area (Å²) in [5.74, 6) is -2.33. The maximum Gasteiger partial charge on any atom is 0.329 e. The van der Waals surface area contributed by atoms with Gasteiger partial charge in [0, 0.05) is 17.3 Å². The number of amides is 2. The number of benzene rings is 2. The molecule has 9 nitrogen and oxygen atoms in total. The Morgan fingerprint density at radius 3 is 2.36 bits per heavy atom. The Kier molecular flexibility index (Phi) is 6.80. The summed E-state index contributed by atoms with van der Waals surface area (Å²) in [7, 11) is 0. The molecule has 9 heteroatoms. The van der Waals surface area contributed by atoms with Crippen molar-refractivity contribution in [3.05, 3.63) is 63.2 Å². The van der Waals surface area contributed by atoms with Gasteiger partial charge in [-0.15, -0.1) is 0 Å². The molecule has 0 aromatic heterocycles. The van der Waals surface area contributed by atoms with Crippen LogP contribution in [0.2, 0.25) is 0 Å². The van der Waals surface area contributed by atoms with E-state index in [4.69, 9.17) is 0 Å². The van der Waals surface area contributed by atoms with Crippen molar-refractivity contribution >= 4 is 29.4 Å². The number of nitro groups is 1. The molecule has 146 valence electrons. The van der Waals surface area contributed by atoms with Gasteiger partial charge in [0.15, 0.2) is 5.75 Å². The molecule has 2 amide bonds. The average molecular weight is 384 g/mol. The summed E-state index contributed by atoms with van der Waals surface area (Å²) >= 11 is 0. The first-order valence-electron chi connectivity index (χ1n) is 8.59. The van der Waals surface area contributed by atoms with Crippen molar-refractivity contribution in [3.63, 3.8) is 0 Å². The van der Waals surface area contributed by atoms with Gasteiger partial charge in [-0.1, -0.05) is 32.0 Å². The summed E-state index contributed by atoms with van der Waals surface area (Å²) in [6, 6.07) is 9.26. The molecule has 2 aromatic rings. The molecular weight excluding hydrogens is 364 g/mol. The van der Waals surface area contributed by atoms with Crippen LogP contribution < -0.4 is 10.7 Å². The van der Waals surface area contributed by atoms with Crippen molar-refractivity contribution in [1.29, 1.82) is 0 Å². The zero-order valence-corrected chi connectivity index (χ0v) is 15.4. The minimum Gasteiger partial charge on any atom is -0.502 e. The summed E-state index contributed by atoms with van der Waals surface area (Å²) in [6.07, 6.45) is 2.53. The quantitative estimate of drug-likeness (QED) is 0.304. The van der Waals surface area contributed by atoms with E-state index in [1.807, 2.05) is 32.0 Å². The van der Waals surface area contributed by atoms with Gasteiger partial charge in [0.05, 0.1) is 11.1 Å². The lowest BCUT2D eigenvalue weighted by Gasteiger charge is -2.13. The SMILES string of the molecule is CCc1cccc(CC)c1NC(=O)C(=O)N/N=C/c1ccc(O)c([N+](=O)[O-])c1. The predicted octanol–water partition coefficient (Wildman–Crippen LogP) is 2.51. The Morgan fingerprint density at radius 2 is 1.79 bits per heavy atom. The molecule has 0 fully saturated rings. The van der Waals surface area contributed by atoms with Crippen molar-refractivity contribution in [2.45, 2.75) is 26.7 Å². The number of phenols is 1. The molecule has 0 bridgehead atoms. The van der Waals surface area contributed by atoms with E-state index in [2.05, 4.69) is 15.8 Å². The van der Waals surface area contributed by atoms with Crippen molar-refractivity contribution in [2.75, 3.05) is 5.32 Å². The van der Waals surface area contributed by atoms with Crippen LogP contribution in [0.25, 0.3) is 0 Å². The van der Waals surface area contributed by atoms with Crippen LogP contribution in [0.4, 0.5) is 11.4 Å². The number of hydrogen-bond acceptors (Lipinski definition) is 6. The number of carbonyl (C=O) groups excluding carboxylic acids is 2. The molecule has 0 atom stereocenters. The van der Waals surface area contributed by atoms with Crippen LogP contribution >= 0.6 is 0 Å². The topological polar surface area (TPSA) is 134 Å². The van der Waals surface area contributed by atoms with Gasteiger partial charge in [0.1, 0.15) is 0 Å². The number of para-hydroxylation sites is 1. The number of hydrazone groups is 1. The largest absolute Gasteiger partial charge is 0.502 e. The Bertz CT molecular complexity index is 918. The van der Waals surface area contributed by atoms with E-state index < -0.39 is 28.2 Å². The molecule has 0 heterocycles. The lowest BCUT2D eigenvalue weighted by molar-refractivity contribution is -0.385. The summed E-state index contributed by atoms with van der Waals surface area (Å²) < 4.78 is 0. The lowest BCUT2D eigenvalue weighted by atomic mass is 10.0. The highest BCUT2D eigenvalue weighted by atomic mass is 16.6. The minimum absolute atomic E-state index is 0.273. The summed E-state index contributed by atoms with van der Waals surface area (Å²) in [6.45, 7) is 3.90. The van der Waals surface area contributed by atoms with E-state index in [0.29, 0.717) is 18.5 Å². The second-order valence-electron chi connectivity index (χ2n) is 5.82. The number of nitrogens with one attached hydrogen (secondary N) is 2. The third kappa shape index (κ3) is 4.91. The zero-order chi connectivity index (χ0) is 20.7. The number of aryl methyl sites for hydroxylation is 2. The molecule has 0 spiro atoms. The molecule has 0 radical (unpaired) electrons. The standard InChI is InChI=1S/C19H20N4O5/c1-3-13-6-5-7-14(4-2)17(13)21-18(25)19(26)22-20-11-12-8-9-16(24)15(10-12)23(27)28/h5-11,24H,3-4H2,1-2H3,(H,21,25)(H,22,26)/b20-11+. The number of phenolic OH excluding ortho intramolecular Hbond substituents is 1. The van der Waals surface area contributed by atoms with Gasteiger partial charge in [-0.3, -0.25) is 19.7 Å². The number of anilines is 1. The van der Waals surface area contributed by atoms with Gasteiger partial charge in [-0.25, -0.2) is 5.43 Å². The van der Waals surface area contributed by atoms with E-state index in [-0.39, 0.29) is 5.56 Å². The molecule has 3 N–H and O–H groups in total. The summed E-state index contributed by atoms with van der Waals surface area (Å²) in [5, 5.41) is 26.5. The van der Waals surface area contributed by atoms with Crippen LogP contribution in [0.1, 0.15) is 30.5 Å². The molecule has 0 aliphatic heterocycles. The first-order valence-corrected chi connectivity index (χ1v) is 8.59. The number of carbonyl (C=O) groups is 2. The molecule has 0 saturated carbocycles. The highest BCUT2D eigenvalue weighted by Crippen LogP contribution is 2.25. The van der Waals surface area contributed by atoms with Crippen molar-refractivity contribution in [3.8, 4) is 5.75 Å². The van der Waals surface area contributed by atoms with Gasteiger partial charge in [-0.2, -0.15) is 5.10 Å². The molecule has 28 heavy (non-hydrogen) atoms. The average Bonchev–Trinajstić information content (AvgIpc) is 2.68. The van der Waals surface area contributed by atoms with Gasteiger partial charge < -0.3 is 10.4 Å². The fourth-order valence-corrected chi connectivity index (χ4v) is 2.56. The van der Waals surface area contributed by atoms with Crippen molar-refractivity contribution < 1.29 is 19.6 Å². The fourth-order valence-electron chi connectivity index (χ4n) is 2.56. The number of nitrogens with zero attached hydrogens (tertiary/aromatic N) is 2. The molecular formula is C19H20N4O5. The number of nitro benzene ring substituents is 1. The van der Waals surface area contributed by atoms with Crippen LogP contribution in [-0.2, 0) is 22.4 Å². The molecule has 0 aliphatic rings. The van der Waals surface area contributed by atoms with Crippen LogP contribution in [0, 0.1) is 10.1 Å². The normalized spacial score (nSPS) is 10.6. The highest BCUT2D eigenvalue weighted by Gasteiger charge is 2.17. The number of rotatable bonds is 6. The minimum atomic E-state index is -0.975. The van der Waals surface area contributed by atoms with Crippen molar-refractivity contribution in [1.82, 2.24) is 5.43 Å². The first kappa shape index (κ1) is 20.6. The summed E-state index contributed by atoms with van der Waals surface area (Å²) in [4.78, 5) is 34.2. The first-order chi connectivity index (χ1) is 13.4. The smallest absolute Gasteiger partial charge is 0.329 e. The van der Waals surface area contributed by atoms with Crippen LogP contribution in [0.15, 0.2) is 41.5 Å².